The molecular weight excluding hydrogens is 386 g/mol. The van der Waals surface area contributed by atoms with Crippen LogP contribution in [0.2, 0.25) is 0 Å². The summed E-state index contributed by atoms with van der Waals surface area (Å²) in [6.07, 6.45) is 1.06. The SMILES string of the molecule is CC[C@@H](C)[C@H](NC(=O)N[C@@H]1CCS(=O)(=O)C1)C(=O)Nc1ccc2c(c1)OCO2. The van der Waals surface area contributed by atoms with Crippen molar-refractivity contribution in [2.24, 2.45) is 5.92 Å². The lowest BCUT2D eigenvalue weighted by atomic mass is 9.98. The van der Waals surface area contributed by atoms with Crippen LogP contribution in [0.5, 0.6) is 11.5 Å². The first-order valence-corrected chi connectivity index (χ1v) is 11.1. The second-order valence-electron chi connectivity index (χ2n) is 7.14. The molecule has 0 aromatic heterocycles. The molecule has 154 valence electrons. The highest BCUT2D eigenvalue weighted by Crippen LogP contribution is 2.34. The summed E-state index contributed by atoms with van der Waals surface area (Å²) in [6, 6.07) is 3.32. The van der Waals surface area contributed by atoms with Crippen molar-refractivity contribution in [2.75, 3.05) is 23.6 Å². The van der Waals surface area contributed by atoms with Crippen LogP contribution in [0.15, 0.2) is 18.2 Å². The number of fused-ring (bicyclic) bond motifs is 1. The Hall–Kier alpha value is -2.49. The number of amides is 3. The van der Waals surface area contributed by atoms with Gasteiger partial charge in [-0.15, -0.1) is 0 Å². The Bertz CT molecular complexity index is 857. The summed E-state index contributed by atoms with van der Waals surface area (Å²) in [7, 11) is -3.10. The molecule has 3 N–H and O–H groups in total. The van der Waals surface area contributed by atoms with E-state index in [-0.39, 0.29) is 30.1 Å². The molecule has 3 amide bonds. The van der Waals surface area contributed by atoms with Gasteiger partial charge in [-0.1, -0.05) is 20.3 Å². The second-order valence-corrected chi connectivity index (χ2v) is 9.37. The van der Waals surface area contributed by atoms with E-state index in [1.54, 1.807) is 18.2 Å². The predicted molar refractivity (Wildman–Crippen MR) is 103 cm³/mol. The molecule has 1 aromatic carbocycles. The Kier molecular flexibility index (Phi) is 5.97. The first-order valence-electron chi connectivity index (χ1n) is 9.25. The molecule has 0 aliphatic carbocycles. The van der Waals surface area contributed by atoms with Gasteiger partial charge in [0.15, 0.2) is 21.3 Å². The average Bonchev–Trinajstić information content (AvgIpc) is 3.24. The third-order valence-corrected chi connectivity index (χ3v) is 6.76. The number of ether oxygens (including phenoxy) is 2. The van der Waals surface area contributed by atoms with Crippen LogP contribution in [0, 0.1) is 5.92 Å². The Morgan fingerprint density at radius 1 is 1.25 bits per heavy atom. The van der Waals surface area contributed by atoms with Crippen molar-refractivity contribution in [3.63, 3.8) is 0 Å². The maximum absolute atomic E-state index is 12.8. The van der Waals surface area contributed by atoms with Crippen molar-refractivity contribution in [2.45, 2.75) is 38.8 Å². The van der Waals surface area contributed by atoms with Crippen LogP contribution in [-0.4, -0.2) is 50.7 Å². The molecule has 1 aromatic rings. The Labute approximate surface area is 164 Å². The molecule has 0 saturated carbocycles. The third kappa shape index (κ3) is 4.86. The van der Waals surface area contributed by atoms with Crippen LogP contribution in [0.25, 0.3) is 0 Å². The molecule has 2 aliphatic heterocycles. The molecule has 1 saturated heterocycles. The molecule has 0 bridgehead atoms. The van der Waals surface area contributed by atoms with Crippen LogP contribution < -0.4 is 25.4 Å². The maximum Gasteiger partial charge on any atom is 0.315 e. The normalized spacial score (nSPS) is 21.6. The average molecular weight is 411 g/mol. The molecule has 2 heterocycles. The molecule has 10 heteroatoms. The zero-order valence-electron chi connectivity index (χ0n) is 15.9. The van der Waals surface area contributed by atoms with E-state index in [2.05, 4.69) is 16.0 Å². The van der Waals surface area contributed by atoms with Crippen molar-refractivity contribution in [3.05, 3.63) is 18.2 Å². The molecule has 28 heavy (non-hydrogen) atoms. The first-order chi connectivity index (χ1) is 13.3. The van der Waals surface area contributed by atoms with Crippen molar-refractivity contribution in [3.8, 4) is 11.5 Å². The van der Waals surface area contributed by atoms with Gasteiger partial charge in [0.2, 0.25) is 12.7 Å². The zero-order valence-corrected chi connectivity index (χ0v) is 16.7. The number of nitrogens with one attached hydrogen (secondary N) is 3. The van der Waals surface area contributed by atoms with Gasteiger partial charge in [0.1, 0.15) is 6.04 Å². The van der Waals surface area contributed by atoms with E-state index < -0.39 is 28.0 Å². The molecule has 3 atom stereocenters. The van der Waals surface area contributed by atoms with Gasteiger partial charge in [0.05, 0.1) is 11.5 Å². The van der Waals surface area contributed by atoms with E-state index in [1.807, 2.05) is 13.8 Å². The lowest BCUT2D eigenvalue weighted by Crippen LogP contribution is -2.53. The molecule has 9 nitrogen and oxygen atoms in total. The van der Waals surface area contributed by atoms with Gasteiger partial charge in [0, 0.05) is 17.8 Å². The number of sulfone groups is 1. The summed E-state index contributed by atoms with van der Waals surface area (Å²) in [5, 5.41) is 8.12. The standard InChI is InChI=1S/C18H25N3O6S/c1-3-11(2)16(21-18(23)20-13-6-7-28(24,25)9-13)17(22)19-12-4-5-14-15(8-12)27-10-26-14/h4-5,8,11,13,16H,3,6-7,9-10H2,1-2H3,(H,19,22)(H2,20,21,23)/t11-,13-,16+/m1/s1. The number of hydrogen-bond acceptors (Lipinski definition) is 6. The number of benzene rings is 1. The summed E-state index contributed by atoms with van der Waals surface area (Å²) in [5.74, 6) is 0.677. The van der Waals surface area contributed by atoms with E-state index in [4.69, 9.17) is 9.47 Å². The lowest BCUT2D eigenvalue weighted by Gasteiger charge is -2.24. The van der Waals surface area contributed by atoms with Crippen LogP contribution in [-0.2, 0) is 14.6 Å². The van der Waals surface area contributed by atoms with Crippen molar-refractivity contribution < 1.29 is 27.5 Å². The number of rotatable bonds is 6. The molecule has 3 rings (SSSR count). The van der Waals surface area contributed by atoms with Crippen molar-refractivity contribution in [1.82, 2.24) is 10.6 Å². The van der Waals surface area contributed by atoms with Gasteiger partial charge in [-0.05, 0) is 24.5 Å². The number of carbonyl (C=O) groups excluding carboxylic acids is 2. The smallest absolute Gasteiger partial charge is 0.315 e. The molecule has 2 aliphatic rings. The van der Waals surface area contributed by atoms with Crippen LogP contribution in [0.1, 0.15) is 26.7 Å². The van der Waals surface area contributed by atoms with E-state index in [0.717, 1.165) is 0 Å². The Balaban J connectivity index is 1.62. The minimum Gasteiger partial charge on any atom is -0.454 e. The van der Waals surface area contributed by atoms with E-state index >= 15 is 0 Å². The Morgan fingerprint density at radius 2 is 2.00 bits per heavy atom. The van der Waals surface area contributed by atoms with Crippen LogP contribution in [0.3, 0.4) is 0 Å². The minimum absolute atomic E-state index is 0.0668. The monoisotopic (exact) mass is 411 g/mol. The van der Waals surface area contributed by atoms with Gasteiger partial charge in [-0.25, -0.2) is 13.2 Å². The van der Waals surface area contributed by atoms with E-state index in [9.17, 15) is 18.0 Å². The van der Waals surface area contributed by atoms with Gasteiger partial charge >= 0.3 is 6.03 Å². The second kappa shape index (κ2) is 8.26. The number of hydrogen-bond donors (Lipinski definition) is 3. The summed E-state index contributed by atoms with van der Waals surface area (Å²) < 4.78 is 33.6. The predicted octanol–water partition coefficient (Wildman–Crippen LogP) is 1.25. The van der Waals surface area contributed by atoms with Crippen molar-refractivity contribution in [1.29, 1.82) is 0 Å². The fourth-order valence-electron chi connectivity index (χ4n) is 3.17. The third-order valence-electron chi connectivity index (χ3n) is 4.99. The van der Waals surface area contributed by atoms with Gasteiger partial charge in [-0.3, -0.25) is 4.79 Å². The topological polar surface area (TPSA) is 123 Å². The molecule has 0 radical (unpaired) electrons. The molecule has 0 unspecified atom stereocenters. The largest absolute Gasteiger partial charge is 0.454 e. The quantitative estimate of drug-likeness (QED) is 0.648. The van der Waals surface area contributed by atoms with Crippen molar-refractivity contribution >= 4 is 27.5 Å². The highest BCUT2D eigenvalue weighted by Gasteiger charge is 2.31. The van der Waals surface area contributed by atoms with Gasteiger partial charge in [0.25, 0.3) is 0 Å². The number of anilines is 1. The summed E-state index contributed by atoms with van der Waals surface area (Å²) >= 11 is 0. The van der Waals surface area contributed by atoms with Gasteiger partial charge in [-0.2, -0.15) is 0 Å². The van der Waals surface area contributed by atoms with Gasteiger partial charge < -0.3 is 25.4 Å². The molecular formula is C18H25N3O6S. The summed E-state index contributed by atoms with van der Waals surface area (Å²) in [6.45, 7) is 3.93. The first kappa shape index (κ1) is 20.2. The minimum atomic E-state index is -3.10. The van der Waals surface area contributed by atoms with E-state index in [0.29, 0.717) is 30.0 Å². The molecule has 0 spiro atoms. The lowest BCUT2D eigenvalue weighted by molar-refractivity contribution is -0.119. The Morgan fingerprint density at radius 3 is 2.68 bits per heavy atom. The maximum atomic E-state index is 12.8. The fraction of sp³-hybridized carbons (Fsp3) is 0.556. The summed E-state index contributed by atoms with van der Waals surface area (Å²) in [5.41, 5.74) is 0.534. The van der Waals surface area contributed by atoms with Crippen LogP contribution in [0.4, 0.5) is 10.5 Å². The van der Waals surface area contributed by atoms with E-state index in [1.165, 1.54) is 0 Å². The fourth-order valence-corrected chi connectivity index (χ4v) is 4.85. The number of carbonyl (C=O) groups is 2. The zero-order chi connectivity index (χ0) is 20.3. The highest BCUT2D eigenvalue weighted by atomic mass is 32.2. The van der Waals surface area contributed by atoms with Crippen LogP contribution >= 0.6 is 0 Å². The summed E-state index contributed by atoms with van der Waals surface area (Å²) in [4.78, 5) is 25.1. The highest BCUT2D eigenvalue weighted by molar-refractivity contribution is 7.91. The molecule has 1 fully saturated rings. The number of urea groups is 1.